The van der Waals surface area contributed by atoms with Crippen LogP contribution in [0.15, 0.2) is 18.2 Å². The Morgan fingerprint density at radius 1 is 1.15 bits per heavy atom. The number of ether oxygens (including phenoxy) is 3. The van der Waals surface area contributed by atoms with Gasteiger partial charge >= 0.3 is 0 Å². The highest BCUT2D eigenvalue weighted by Gasteiger charge is 2.49. The fourth-order valence-corrected chi connectivity index (χ4v) is 6.16. The number of phenols is 2. The molecule has 0 aromatic heterocycles. The molecule has 5 rings (SSSR count). The summed E-state index contributed by atoms with van der Waals surface area (Å²) in [5, 5.41) is 48.2. The second-order valence-electron chi connectivity index (χ2n) is 11.0. The Labute approximate surface area is 237 Å². The summed E-state index contributed by atoms with van der Waals surface area (Å²) in [5.74, 6) is -3.08. The van der Waals surface area contributed by atoms with E-state index in [2.05, 4.69) is 5.32 Å². The van der Waals surface area contributed by atoms with Gasteiger partial charge in [0.1, 0.15) is 22.8 Å². The molecule has 41 heavy (non-hydrogen) atoms. The first-order valence-corrected chi connectivity index (χ1v) is 13.8. The fraction of sp³-hybridized carbons (Fsp3) is 0.500. The molecule has 11 nitrogen and oxygen atoms in total. The number of methoxy groups -OCH3 is 1. The van der Waals surface area contributed by atoms with Gasteiger partial charge in [-0.3, -0.25) is 14.4 Å². The van der Waals surface area contributed by atoms with Crippen LogP contribution < -0.4 is 10.1 Å². The number of ketones is 3. The van der Waals surface area contributed by atoms with Crippen LogP contribution in [0.5, 0.6) is 17.2 Å². The molecule has 6 unspecified atom stereocenters. The predicted octanol–water partition coefficient (Wildman–Crippen LogP) is 2.07. The van der Waals surface area contributed by atoms with E-state index in [1.165, 1.54) is 32.2 Å². The molecule has 0 radical (unpaired) electrons. The van der Waals surface area contributed by atoms with E-state index in [1.807, 2.05) is 6.92 Å². The largest absolute Gasteiger partial charge is 0.507 e. The van der Waals surface area contributed by atoms with Gasteiger partial charge in [-0.25, -0.2) is 0 Å². The van der Waals surface area contributed by atoms with Crippen molar-refractivity contribution in [1.82, 2.24) is 5.32 Å². The number of aromatic hydroxyl groups is 2. The molecule has 2 aromatic rings. The Morgan fingerprint density at radius 2 is 1.85 bits per heavy atom. The van der Waals surface area contributed by atoms with Crippen LogP contribution in [0, 0.1) is 0 Å². The van der Waals surface area contributed by atoms with Gasteiger partial charge < -0.3 is 40.0 Å². The molecule has 11 heteroatoms. The van der Waals surface area contributed by atoms with Crippen LogP contribution >= 0.6 is 0 Å². The zero-order valence-electron chi connectivity index (χ0n) is 23.4. The molecule has 2 aromatic carbocycles. The summed E-state index contributed by atoms with van der Waals surface area (Å²) in [6.45, 7) is 5.54. The van der Waals surface area contributed by atoms with Crippen LogP contribution in [-0.4, -0.2) is 81.6 Å². The molecule has 220 valence electrons. The molecular weight excluding hydrogens is 534 g/mol. The number of carbonyl (C=O) groups excluding carboxylic acids is 3. The average Bonchev–Trinajstić information content (AvgIpc) is 2.93. The summed E-state index contributed by atoms with van der Waals surface area (Å²) in [6, 6.07) is 4.11. The second kappa shape index (κ2) is 10.8. The summed E-state index contributed by atoms with van der Waals surface area (Å²) < 4.78 is 17.5. The van der Waals surface area contributed by atoms with E-state index in [1.54, 1.807) is 6.92 Å². The summed E-state index contributed by atoms with van der Waals surface area (Å²) >= 11 is 0. The quantitative estimate of drug-likeness (QED) is 0.264. The van der Waals surface area contributed by atoms with Crippen molar-refractivity contribution in [2.75, 3.05) is 13.7 Å². The summed E-state index contributed by atoms with van der Waals surface area (Å²) in [4.78, 5) is 39.9. The van der Waals surface area contributed by atoms with Crippen LogP contribution in [0.2, 0.25) is 0 Å². The smallest absolute Gasteiger partial charge is 0.202 e. The predicted molar refractivity (Wildman–Crippen MR) is 144 cm³/mol. The molecule has 0 spiro atoms. The van der Waals surface area contributed by atoms with Gasteiger partial charge in [-0.15, -0.1) is 0 Å². The average molecular weight is 570 g/mol. The number of Topliss-reactive ketones (excluding diaryl/α,β-unsaturated/α-hetero) is 1. The SMILES string of the molecule is CCCNC1CC(OC2CC(O)(C(C)=O)Cc3c(O)c4c(c(O)c32)C(=O)c2c(OC)cccc2C4=O)OC(C)C1O. The van der Waals surface area contributed by atoms with E-state index in [0.29, 0.717) is 6.54 Å². The minimum Gasteiger partial charge on any atom is -0.507 e. The Bertz CT molecular complexity index is 1420. The molecular formula is C30H35NO10. The summed E-state index contributed by atoms with van der Waals surface area (Å²) in [7, 11) is 1.35. The van der Waals surface area contributed by atoms with Gasteiger partial charge in [0.2, 0.25) is 5.78 Å². The lowest BCUT2D eigenvalue weighted by molar-refractivity contribution is -0.249. The molecule has 1 fully saturated rings. The van der Waals surface area contributed by atoms with E-state index < -0.39 is 76.6 Å². The first-order chi connectivity index (χ1) is 19.4. The van der Waals surface area contributed by atoms with Gasteiger partial charge in [0.05, 0.1) is 42.1 Å². The van der Waals surface area contributed by atoms with Crippen molar-refractivity contribution in [1.29, 1.82) is 0 Å². The maximum absolute atomic E-state index is 13.7. The van der Waals surface area contributed by atoms with Gasteiger partial charge in [0.25, 0.3) is 0 Å². The number of aliphatic hydroxyl groups is 2. The zero-order chi connectivity index (χ0) is 29.8. The van der Waals surface area contributed by atoms with Crippen molar-refractivity contribution in [2.45, 2.75) is 82.7 Å². The van der Waals surface area contributed by atoms with Crippen LogP contribution in [0.1, 0.15) is 89.1 Å². The Balaban J connectivity index is 1.63. The molecule has 0 bridgehead atoms. The number of benzene rings is 2. The molecule has 1 aliphatic heterocycles. The number of fused-ring (bicyclic) bond motifs is 3. The first kappa shape index (κ1) is 29.2. The Morgan fingerprint density at radius 3 is 2.51 bits per heavy atom. The number of phenolic OH excluding ortho intramolecular Hbond substituents is 2. The van der Waals surface area contributed by atoms with Crippen molar-refractivity contribution < 1.29 is 49.0 Å². The van der Waals surface area contributed by atoms with Crippen LogP contribution in [-0.2, 0) is 20.7 Å². The lowest BCUT2D eigenvalue weighted by atomic mass is 9.72. The first-order valence-electron chi connectivity index (χ1n) is 13.8. The van der Waals surface area contributed by atoms with Gasteiger partial charge in [0.15, 0.2) is 17.9 Å². The second-order valence-corrected chi connectivity index (χ2v) is 11.0. The maximum Gasteiger partial charge on any atom is 0.202 e. The van der Waals surface area contributed by atoms with Gasteiger partial charge in [-0.05, 0) is 32.9 Å². The van der Waals surface area contributed by atoms with E-state index in [0.717, 1.165) is 6.42 Å². The number of nitrogens with one attached hydrogen (secondary N) is 1. The van der Waals surface area contributed by atoms with E-state index in [4.69, 9.17) is 14.2 Å². The van der Waals surface area contributed by atoms with Gasteiger partial charge in [-0.2, -0.15) is 0 Å². The monoisotopic (exact) mass is 569 g/mol. The number of aliphatic hydroxyl groups excluding tert-OH is 1. The zero-order valence-corrected chi connectivity index (χ0v) is 23.4. The lowest BCUT2D eigenvalue weighted by Crippen LogP contribution is -2.54. The number of hydrogen-bond donors (Lipinski definition) is 5. The van der Waals surface area contributed by atoms with Crippen molar-refractivity contribution in [3.05, 3.63) is 51.6 Å². The summed E-state index contributed by atoms with van der Waals surface area (Å²) in [5.41, 5.74) is -2.92. The molecule has 2 aliphatic carbocycles. The van der Waals surface area contributed by atoms with E-state index in [-0.39, 0.29) is 46.9 Å². The normalized spacial score (nSPS) is 29.0. The standard InChI is InChI=1S/C30H35NO10/c1-5-9-31-17-10-20(40-13(2)25(17)33)41-19-12-30(38,14(3)32)11-16-22(19)29(37)24-23(27(16)35)26(34)15-7-6-8-18(39-4)21(15)28(24)36/h6-8,13,17,19-20,25,31,33,35,37-38H,5,9-12H2,1-4H3. The third-order valence-electron chi connectivity index (χ3n) is 8.41. The molecule has 1 saturated heterocycles. The number of hydrogen-bond acceptors (Lipinski definition) is 11. The molecule has 0 saturated carbocycles. The Kier molecular flexibility index (Phi) is 7.68. The number of rotatable bonds is 7. The lowest BCUT2D eigenvalue weighted by Gasteiger charge is -2.43. The topological polar surface area (TPSA) is 172 Å². The minimum atomic E-state index is -1.99. The highest BCUT2D eigenvalue weighted by atomic mass is 16.7. The van der Waals surface area contributed by atoms with E-state index >= 15 is 0 Å². The molecule has 0 amide bonds. The summed E-state index contributed by atoms with van der Waals surface area (Å²) in [6.07, 6.45) is -3.20. The minimum absolute atomic E-state index is 0.00397. The molecule has 5 N–H and O–H groups in total. The van der Waals surface area contributed by atoms with Crippen LogP contribution in [0.3, 0.4) is 0 Å². The van der Waals surface area contributed by atoms with Crippen molar-refractivity contribution in [3.63, 3.8) is 0 Å². The third-order valence-corrected chi connectivity index (χ3v) is 8.41. The number of carbonyl (C=O) groups is 3. The van der Waals surface area contributed by atoms with Crippen molar-refractivity contribution >= 4 is 17.3 Å². The van der Waals surface area contributed by atoms with Gasteiger partial charge in [0, 0.05) is 42.0 Å². The van der Waals surface area contributed by atoms with Gasteiger partial charge in [-0.1, -0.05) is 19.1 Å². The fourth-order valence-electron chi connectivity index (χ4n) is 6.16. The van der Waals surface area contributed by atoms with Crippen molar-refractivity contribution in [3.8, 4) is 17.2 Å². The highest BCUT2D eigenvalue weighted by molar-refractivity contribution is 6.31. The highest BCUT2D eigenvalue weighted by Crippen LogP contribution is 2.52. The maximum atomic E-state index is 13.7. The third kappa shape index (κ3) is 4.71. The Hall–Kier alpha value is -3.35. The van der Waals surface area contributed by atoms with Crippen LogP contribution in [0.25, 0.3) is 0 Å². The van der Waals surface area contributed by atoms with Crippen molar-refractivity contribution in [2.24, 2.45) is 0 Å². The molecule has 1 heterocycles. The molecule has 6 atom stereocenters. The molecule has 3 aliphatic rings. The van der Waals surface area contributed by atoms with Crippen LogP contribution in [0.4, 0.5) is 0 Å². The van der Waals surface area contributed by atoms with E-state index in [9.17, 15) is 34.8 Å².